The summed E-state index contributed by atoms with van der Waals surface area (Å²) < 4.78 is 7.04. The highest BCUT2D eigenvalue weighted by molar-refractivity contribution is 9.10. The fourth-order valence-electron chi connectivity index (χ4n) is 2.49. The molecule has 1 aliphatic rings. The highest BCUT2D eigenvalue weighted by Crippen LogP contribution is 2.28. The van der Waals surface area contributed by atoms with Crippen LogP contribution in [0.2, 0.25) is 0 Å². The zero-order valence-electron chi connectivity index (χ0n) is 11.3. The largest absolute Gasteiger partial charge is 0.488 e. The van der Waals surface area contributed by atoms with Gasteiger partial charge in [-0.2, -0.15) is 0 Å². The van der Waals surface area contributed by atoms with Gasteiger partial charge >= 0.3 is 0 Å². The highest BCUT2D eigenvalue weighted by Gasteiger charge is 2.17. The maximum atomic E-state index is 6.00. The Labute approximate surface area is 128 Å². The molecular weight excluding hydrogens is 314 g/mol. The van der Waals surface area contributed by atoms with E-state index in [1.165, 1.54) is 11.1 Å². The number of rotatable bonds is 4. The minimum atomic E-state index is 0.297. The van der Waals surface area contributed by atoms with Crippen molar-refractivity contribution < 1.29 is 4.74 Å². The smallest absolute Gasteiger partial charge is 0.133 e. The Morgan fingerprint density at radius 1 is 1.10 bits per heavy atom. The van der Waals surface area contributed by atoms with E-state index in [0.717, 1.165) is 36.2 Å². The molecule has 0 spiro atoms. The van der Waals surface area contributed by atoms with Crippen LogP contribution >= 0.6 is 15.9 Å². The van der Waals surface area contributed by atoms with Gasteiger partial charge in [0, 0.05) is 6.54 Å². The number of hydrogen-bond donors (Lipinski definition) is 1. The van der Waals surface area contributed by atoms with Crippen molar-refractivity contribution >= 4 is 15.9 Å². The van der Waals surface area contributed by atoms with Crippen LogP contribution in [-0.4, -0.2) is 19.2 Å². The van der Waals surface area contributed by atoms with Crippen molar-refractivity contribution in [2.75, 3.05) is 13.1 Å². The van der Waals surface area contributed by atoms with E-state index in [2.05, 4.69) is 63.7 Å². The molecule has 2 aromatic rings. The third-order valence-electron chi connectivity index (χ3n) is 3.56. The first-order valence-electron chi connectivity index (χ1n) is 7.01. The van der Waals surface area contributed by atoms with Crippen LogP contribution in [0.25, 0.3) is 0 Å². The summed E-state index contributed by atoms with van der Waals surface area (Å²) in [5.74, 6) is 0.940. The molecule has 1 fully saturated rings. The Morgan fingerprint density at radius 2 is 1.95 bits per heavy atom. The third-order valence-corrected chi connectivity index (χ3v) is 4.18. The van der Waals surface area contributed by atoms with Crippen molar-refractivity contribution in [2.45, 2.75) is 18.9 Å². The van der Waals surface area contributed by atoms with Crippen LogP contribution in [-0.2, 0) is 6.42 Å². The SMILES string of the molecule is Brc1cc(Cc2ccccc2)ccc1O[C@@H]1CCNC1. The van der Waals surface area contributed by atoms with Gasteiger partial charge in [0.25, 0.3) is 0 Å². The monoisotopic (exact) mass is 331 g/mol. The molecular formula is C17H18BrNO. The first-order valence-corrected chi connectivity index (χ1v) is 7.80. The van der Waals surface area contributed by atoms with Crippen molar-refractivity contribution in [3.8, 4) is 5.75 Å². The fraction of sp³-hybridized carbons (Fsp3) is 0.294. The number of nitrogens with one attached hydrogen (secondary N) is 1. The second-order valence-electron chi connectivity index (χ2n) is 5.16. The van der Waals surface area contributed by atoms with Crippen molar-refractivity contribution in [1.82, 2.24) is 5.32 Å². The van der Waals surface area contributed by atoms with Gasteiger partial charge in [-0.15, -0.1) is 0 Å². The van der Waals surface area contributed by atoms with E-state index >= 15 is 0 Å². The molecule has 20 heavy (non-hydrogen) atoms. The van der Waals surface area contributed by atoms with E-state index in [-0.39, 0.29) is 0 Å². The molecule has 0 amide bonds. The maximum absolute atomic E-state index is 6.00. The molecule has 0 aromatic heterocycles. The second kappa shape index (κ2) is 6.42. The molecule has 1 heterocycles. The van der Waals surface area contributed by atoms with Crippen molar-refractivity contribution in [3.05, 3.63) is 64.1 Å². The van der Waals surface area contributed by atoms with E-state index in [0.29, 0.717) is 6.10 Å². The lowest BCUT2D eigenvalue weighted by Gasteiger charge is -2.14. The van der Waals surface area contributed by atoms with Gasteiger partial charge in [-0.05, 0) is 58.6 Å². The number of benzene rings is 2. The lowest BCUT2D eigenvalue weighted by atomic mass is 10.1. The Hall–Kier alpha value is -1.32. The molecule has 2 aromatic carbocycles. The normalized spacial score (nSPS) is 18.1. The minimum Gasteiger partial charge on any atom is -0.488 e. The third kappa shape index (κ3) is 3.41. The number of halogens is 1. The van der Waals surface area contributed by atoms with Gasteiger partial charge in [-0.3, -0.25) is 0 Å². The van der Waals surface area contributed by atoms with Gasteiger partial charge in [0.05, 0.1) is 4.47 Å². The Bertz CT molecular complexity index is 564. The summed E-state index contributed by atoms with van der Waals surface area (Å²) in [5.41, 5.74) is 2.62. The molecule has 1 aliphatic heterocycles. The summed E-state index contributed by atoms with van der Waals surface area (Å²) in [6.07, 6.45) is 2.33. The van der Waals surface area contributed by atoms with Gasteiger partial charge in [0.15, 0.2) is 0 Å². The van der Waals surface area contributed by atoms with Gasteiger partial charge in [0.1, 0.15) is 11.9 Å². The topological polar surface area (TPSA) is 21.3 Å². The predicted octanol–water partition coefficient (Wildman–Crippen LogP) is 3.78. The van der Waals surface area contributed by atoms with E-state index in [1.54, 1.807) is 0 Å². The average Bonchev–Trinajstić information content (AvgIpc) is 2.96. The summed E-state index contributed by atoms with van der Waals surface area (Å²) in [7, 11) is 0. The van der Waals surface area contributed by atoms with E-state index in [9.17, 15) is 0 Å². The number of hydrogen-bond acceptors (Lipinski definition) is 2. The van der Waals surface area contributed by atoms with Crippen LogP contribution in [0.15, 0.2) is 53.0 Å². The Kier molecular flexibility index (Phi) is 4.38. The van der Waals surface area contributed by atoms with Crippen molar-refractivity contribution in [3.63, 3.8) is 0 Å². The van der Waals surface area contributed by atoms with Crippen LogP contribution in [0.1, 0.15) is 17.5 Å². The van der Waals surface area contributed by atoms with Crippen molar-refractivity contribution in [2.24, 2.45) is 0 Å². The first-order chi connectivity index (χ1) is 9.81. The summed E-state index contributed by atoms with van der Waals surface area (Å²) >= 11 is 3.62. The summed E-state index contributed by atoms with van der Waals surface area (Å²) in [5, 5.41) is 3.32. The lowest BCUT2D eigenvalue weighted by Crippen LogP contribution is -2.19. The van der Waals surface area contributed by atoms with Crippen LogP contribution in [0, 0.1) is 0 Å². The lowest BCUT2D eigenvalue weighted by molar-refractivity contribution is 0.221. The molecule has 0 unspecified atom stereocenters. The summed E-state index contributed by atoms with van der Waals surface area (Å²) in [6.45, 7) is 1.99. The molecule has 3 heteroatoms. The molecule has 0 saturated carbocycles. The van der Waals surface area contributed by atoms with E-state index in [4.69, 9.17) is 4.74 Å². The van der Waals surface area contributed by atoms with Gasteiger partial charge < -0.3 is 10.1 Å². The fourth-order valence-corrected chi connectivity index (χ4v) is 3.01. The van der Waals surface area contributed by atoms with Crippen LogP contribution < -0.4 is 10.1 Å². The molecule has 0 aliphatic carbocycles. The standard InChI is InChI=1S/C17H18BrNO/c18-16-11-14(10-13-4-2-1-3-5-13)6-7-17(16)20-15-8-9-19-12-15/h1-7,11,15,19H,8-10,12H2/t15-/m1/s1. The second-order valence-corrected chi connectivity index (χ2v) is 6.01. The zero-order chi connectivity index (χ0) is 13.8. The minimum absolute atomic E-state index is 0.297. The van der Waals surface area contributed by atoms with E-state index in [1.807, 2.05) is 6.07 Å². The average molecular weight is 332 g/mol. The van der Waals surface area contributed by atoms with Gasteiger partial charge in [-0.1, -0.05) is 36.4 Å². The highest BCUT2D eigenvalue weighted by atomic mass is 79.9. The Balaban J connectivity index is 1.70. The number of ether oxygens (including phenoxy) is 1. The van der Waals surface area contributed by atoms with E-state index < -0.39 is 0 Å². The van der Waals surface area contributed by atoms with Crippen LogP contribution in [0.3, 0.4) is 0 Å². The maximum Gasteiger partial charge on any atom is 0.133 e. The molecule has 1 atom stereocenters. The van der Waals surface area contributed by atoms with Gasteiger partial charge in [0.2, 0.25) is 0 Å². The van der Waals surface area contributed by atoms with Crippen LogP contribution in [0.4, 0.5) is 0 Å². The summed E-state index contributed by atoms with van der Waals surface area (Å²) in [6, 6.07) is 16.9. The zero-order valence-corrected chi connectivity index (χ0v) is 12.9. The Morgan fingerprint density at radius 3 is 2.65 bits per heavy atom. The molecule has 1 saturated heterocycles. The van der Waals surface area contributed by atoms with Crippen LogP contribution in [0.5, 0.6) is 5.75 Å². The molecule has 0 radical (unpaired) electrons. The van der Waals surface area contributed by atoms with Gasteiger partial charge in [-0.25, -0.2) is 0 Å². The predicted molar refractivity (Wildman–Crippen MR) is 85.3 cm³/mol. The molecule has 0 bridgehead atoms. The molecule has 1 N–H and O–H groups in total. The van der Waals surface area contributed by atoms with Crippen molar-refractivity contribution in [1.29, 1.82) is 0 Å². The first kappa shape index (κ1) is 13.7. The quantitative estimate of drug-likeness (QED) is 0.920. The molecule has 104 valence electrons. The molecule has 3 rings (SSSR count). The summed E-state index contributed by atoms with van der Waals surface area (Å²) in [4.78, 5) is 0. The molecule has 2 nitrogen and oxygen atoms in total.